The van der Waals surface area contributed by atoms with Crippen LogP contribution in [0.1, 0.15) is 5.56 Å². The topological polar surface area (TPSA) is 46.2 Å². The van der Waals surface area contributed by atoms with Crippen LogP contribution in [0.2, 0.25) is 0 Å². The Hall–Kier alpha value is -1.64. The van der Waals surface area contributed by atoms with Gasteiger partial charge in [-0.3, -0.25) is 14.9 Å². The number of imide groups is 1. The van der Waals surface area contributed by atoms with Crippen molar-refractivity contribution in [2.75, 3.05) is 0 Å². The molecule has 0 aromatic heterocycles. The number of carbonyl (C=O) groups is 1. The van der Waals surface area contributed by atoms with Gasteiger partial charge in [0.1, 0.15) is 0 Å². The molecule has 0 aliphatic carbocycles. The van der Waals surface area contributed by atoms with Crippen LogP contribution in [0.25, 0.3) is 0 Å². The molecule has 61 valence electrons. The quantitative estimate of drug-likeness (QED) is 0.654. The molecule has 0 aliphatic rings. The second-order valence-electron chi connectivity index (χ2n) is 2.31. The minimum absolute atomic E-state index is 0.218. The molecule has 0 spiro atoms. The predicted molar refractivity (Wildman–Crippen MR) is 44.0 cm³/mol. The van der Waals surface area contributed by atoms with Gasteiger partial charge < -0.3 is 0 Å². The van der Waals surface area contributed by atoms with E-state index in [-0.39, 0.29) is 12.3 Å². The molecular formula is C9H8NO2. The van der Waals surface area contributed by atoms with E-state index >= 15 is 0 Å². The number of hydrogen-bond acceptors (Lipinski definition) is 2. The molecule has 1 aromatic carbocycles. The molecule has 0 atom stereocenters. The molecule has 1 N–H and O–H groups in total. The minimum Gasteiger partial charge on any atom is -0.288 e. The number of amides is 2. The van der Waals surface area contributed by atoms with Gasteiger partial charge in [0.2, 0.25) is 5.91 Å². The number of nitrogens with one attached hydrogen (secondary N) is 1. The fraction of sp³-hybridized carbons (Fsp3) is 0.111. The van der Waals surface area contributed by atoms with E-state index in [2.05, 4.69) is 0 Å². The lowest BCUT2D eigenvalue weighted by molar-refractivity contribution is -0.119. The van der Waals surface area contributed by atoms with Crippen molar-refractivity contribution in [2.45, 2.75) is 6.42 Å². The van der Waals surface area contributed by atoms with E-state index in [1.807, 2.05) is 35.6 Å². The third kappa shape index (κ3) is 2.54. The summed E-state index contributed by atoms with van der Waals surface area (Å²) in [6, 6.07) is 9.20. The highest BCUT2D eigenvalue weighted by Crippen LogP contribution is 1.98. The first kappa shape index (κ1) is 8.46. The van der Waals surface area contributed by atoms with Crippen LogP contribution in [-0.2, 0) is 16.0 Å². The Morgan fingerprint density at radius 2 is 2.00 bits per heavy atom. The van der Waals surface area contributed by atoms with Crippen LogP contribution in [0.15, 0.2) is 30.3 Å². The summed E-state index contributed by atoms with van der Waals surface area (Å²) in [6.07, 6.45) is 1.56. The lowest BCUT2D eigenvalue weighted by atomic mass is 10.1. The van der Waals surface area contributed by atoms with Gasteiger partial charge in [0, 0.05) is 0 Å². The van der Waals surface area contributed by atoms with Gasteiger partial charge in [-0.2, -0.15) is 0 Å². The molecule has 0 saturated heterocycles. The molecule has 1 rings (SSSR count). The van der Waals surface area contributed by atoms with E-state index in [1.54, 1.807) is 0 Å². The van der Waals surface area contributed by atoms with Crippen LogP contribution in [0, 0.1) is 0 Å². The fourth-order valence-electron chi connectivity index (χ4n) is 0.882. The first-order valence-electron chi connectivity index (χ1n) is 3.53. The van der Waals surface area contributed by atoms with Gasteiger partial charge in [-0.1, -0.05) is 30.3 Å². The van der Waals surface area contributed by atoms with Gasteiger partial charge in [-0.15, -0.1) is 0 Å². The normalized spacial score (nSPS) is 9.00. The molecule has 0 unspecified atom stereocenters. The van der Waals surface area contributed by atoms with E-state index < -0.39 is 0 Å². The number of rotatable bonds is 3. The van der Waals surface area contributed by atoms with E-state index in [4.69, 9.17) is 0 Å². The Morgan fingerprint density at radius 1 is 1.33 bits per heavy atom. The highest BCUT2D eigenvalue weighted by molar-refractivity contribution is 5.87. The minimum atomic E-state index is -0.337. The number of carbonyl (C=O) groups excluding carboxylic acids is 2. The third-order valence-electron chi connectivity index (χ3n) is 1.40. The molecule has 3 nitrogen and oxygen atoms in total. The van der Waals surface area contributed by atoms with Crippen molar-refractivity contribution in [3.63, 3.8) is 0 Å². The molecule has 0 aliphatic heterocycles. The summed E-state index contributed by atoms with van der Waals surface area (Å²) in [5.74, 6) is -0.337. The maximum atomic E-state index is 10.8. The second-order valence-corrected chi connectivity index (χ2v) is 2.31. The summed E-state index contributed by atoms with van der Waals surface area (Å²) in [7, 11) is 0. The third-order valence-corrected chi connectivity index (χ3v) is 1.40. The van der Waals surface area contributed by atoms with E-state index in [0.29, 0.717) is 0 Å². The molecule has 12 heavy (non-hydrogen) atoms. The Balaban J connectivity index is 2.52. The Morgan fingerprint density at radius 3 is 2.58 bits per heavy atom. The monoisotopic (exact) mass is 162 g/mol. The fourth-order valence-corrected chi connectivity index (χ4v) is 0.882. The highest BCUT2D eigenvalue weighted by Gasteiger charge is 2.00. The van der Waals surface area contributed by atoms with Crippen LogP contribution in [0.3, 0.4) is 0 Å². The SMILES string of the molecule is O=[C]NC(=O)Cc1ccccc1. The maximum Gasteiger partial charge on any atom is 0.316 e. The van der Waals surface area contributed by atoms with Crippen molar-refractivity contribution in [3.05, 3.63) is 35.9 Å². The van der Waals surface area contributed by atoms with Crippen LogP contribution < -0.4 is 5.32 Å². The maximum absolute atomic E-state index is 10.8. The summed E-state index contributed by atoms with van der Waals surface area (Å²) < 4.78 is 0. The van der Waals surface area contributed by atoms with E-state index in [0.717, 1.165) is 5.56 Å². The first-order valence-corrected chi connectivity index (χ1v) is 3.53. The summed E-state index contributed by atoms with van der Waals surface area (Å²) in [5.41, 5.74) is 0.880. The van der Waals surface area contributed by atoms with Crippen LogP contribution in [0.4, 0.5) is 0 Å². The summed E-state index contributed by atoms with van der Waals surface area (Å²) in [4.78, 5) is 20.6. The molecule has 0 heterocycles. The molecule has 1 radical (unpaired) electrons. The Kier molecular flexibility index (Phi) is 3.02. The largest absolute Gasteiger partial charge is 0.316 e. The van der Waals surface area contributed by atoms with Gasteiger partial charge in [-0.05, 0) is 5.56 Å². The molecule has 2 amide bonds. The smallest absolute Gasteiger partial charge is 0.288 e. The van der Waals surface area contributed by atoms with Gasteiger partial charge in [-0.25, -0.2) is 0 Å². The van der Waals surface area contributed by atoms with Gasteiger partial charge in [0.15, 0.2) is 0 Å². The van der Waals surface area contributed by atoms with Crippen LogP contribution >= 0.6 is 0 Å². The summed E-state index contributed by atoms with van der Waals surface area (Å²) in [5, 5.41) is 1.95. The van der Waals surface area contributed by atoms with Gasteiger partial charge in [0.05, 0.1) is 6.42 Å². The zero-order valence-electron chi connectivity index (χ0n) is 6.41. The average molecular weight is 162 g/mol. The van der Waals surface area contributed by atoms with Crippen molar-refractivity contribution in [2.24, 2.45) is 0 Å². The summed E-state index contributed by atoms with van der Waals surface area (Å²) in [6.45, 7) is 0. The van der Waals surface area contributed by atoms with E-state index in [1.165, 1.54) is 6.41 Å². The van der Waals surface area contributed by atoms with Crippen molar-refractivity contribution in [3.8, 4) is 0 Å². The molecule has 3 heteroatoms. The first-order chi connectivity index (χ1) is 5.83. The summed E-state index contributed by atoms with van der Waals surface area (Å²) >= 11 is 0. The molecule has 0 saturated carbocycles. The lowest BCUT2D eigenvalue weighted by Crippen LogP contribution is -2.22. The van der Waals surface area contributed by atoms with Crippen molar-refractivity contribution in [1.29, 1.82) is 0 Å². The van der Waals surface area contributed by atoms with Crippen molar-refractivity contribution < 1.29 is 9.59 Å². The second kappa shape index (κ2) is 4.28. The zero-order chi connectivity index (χ0) is 8.81. The van der Waals surface area contributed by atoms with Gasteiger partial charge >= 0.3 is 6.41 Å². The van der Waals surface area contributed by atoms with E-state index in [9.17, 15) is 9.59 Å². The molecule has 0 fully saturated rings. The lowest BCUT2D eigenvalue weighted by Gasteiger charge is -1.96. The molecule has 1 aromatic rings. The molecule has 0 bridgehead atoms. The predicted octanol–water partition coefficient (Wildman–Crippen LogP) is 0.412. The van der Waals surface area contributed by atoms with Crippen LogP contribution in [-0.4, -0.2) is 12.3 Å². The Labute approximate surface area is 70.4 Å². The number of benzene rings is 1. The Bertz CT molecular complexity index is 269. The standard InChI is InChI=1S/C9H8NO2/c11-7-10-9(12)6-8-4-2-1-3-5-8/h1-5H,6H2,(H,10,11,12). The van der Waals surface area contributed by atoms with Crippen molar-refractivity contribution >= 4 is 12.3 Å². The number of hydrogen-bond donors (Lipinski definition) is 1. The van der Waals surface area contributed by atoms with Gasteiger partial charge in [0.25, 0.3) is 0 Å². The highest BCUT2D eigenvalue weighted by atomic mass is 16.2. The zero-order valence-corrected chi connectivity index (χ0v) is 6.41. The van der Waals surface area contributed by atoms with Crippen LogP contribution in [0.5, 0.6) is 0 Å². The molecular weight excluding hydrogens is 154 g/mol. The van der Waals surface area contributed by atoms with Crippen molar-refractivity contribution in [1.82, 2.24) is 5.32 Å². The average Bonchev–Trinajstić information content (AvgIpc) is 2.06.